The predicted molar refractivity (Wildman–Crippen MR) is 90.4 cm³/mol. The number of anilines is 2. The molecule has 110 valence electrons. The zero-order valence-corrected chi connectivity index (χ0v) is 13.3. The molecule has 2 rings (SSSR count). The molecule has 5 nitrogen and oxygen atoms in total. The van der Waals surface area contributed by atoms with Crippen LogP contribution in [0.4, 0.5) is 11.4 Å². The molecule has 0 atom stereocenters. The molecule has 0 bridgehead atoms. The molecule has 0 spiro atoms. The van der Waals surface area contributed by atoms with Gasteiger partial charge in [0.15, 0.2) is 0 Å². The maximum absolute atomic E-state index is 12.7. The first kappa shape index (κ1) is 15.6. The van der Waals surface area contributed by atoms with Crippen LogP contribution in [0.2, 0.25) is 0 Å². The third-order valence-electron chi connectivity index (χ3n) is 2.99. The summed E-state index contributed by atoms with van der Waals surface area (Å²) in [5, 5.41) is 19.1. The predicted octanol–water partition coefficient (Wildman–Crippen LogP) is 2.22. The van der Waals surface area contributed by atoms with Crippen LogP contribution in [0.25, 0.3) is 0 Å². The van der Waals surface area contributed by atoms with Crippen LogP contribution in [0.1, 0.15) is 10.4 Å². The van der Waals surface area contributed by atoms with Crippen molar-refractivity contribution < 1.29 is 15.0 Å². The van der Waals surface area contributed by atoms with Gasteiger partial charge in [-0.25, -0.2) is 0 Å². The van der Waals surface area contributed by atoms with Gasteiger partial charge in [-0.3, -0.25) is 4.79 Å². The lowest BCUT2D eigenvalue weighted by molar-refractivity contribution is 0.0978. The van der Waals surface area contributed by atoms with E-state index in [9.17, 15) is 15.0 Å². The molecular formula is C15H15IN2O3. The fraction of sp³-hybridized carbons (Fsp3) is 0.133. The van der Waals surface area contributed by atoms with Crippen molar-refractivity contribution in [1.29, 1.82) is 0 Å². The van der Waals surface area contributed by atoms with Crippen molar-refractivity contribution in [2.75, 3.05) is 23.8 Å². The number of nitrogen functional groups attached to an aromatic ring is 1. The van der Waals surface area contributed by atoms with Gasteiger partial charge < -0.3 is 20.8 Å². The number of aliphatic hydroxyl groups excluding tert-OH is 1. The molecule has 2 aromatic rings. The summed E-state index contributed by atoms with van der Waals surface area (Å²) in [5.74, 6) is -0.504. The Hall–Kier alpha value is -1.80. The van der Waals surface area contributed by atoms with Crippen LogP contribution < -0.4 is 10.6 Å². The second-order valence-corrected chi connectivity index (χ2v) is 5.65. The lowest BCUT2D eigenvalue weighted by Gasteiger charge is -2.23. The first-order chi connectivity index (χ1) is 10.0. The number of rotatable bonds is 4. The summed E-state index contributed by atoms with van der Waals surface area (Å²) >= 11 is 2.07. The number of hydrogen-bond acceptors (Lipinski definition) is 4. The standard InChI is InChI=1S/C15H15IN2O3/c16-10-5-6-14(20)11(9-10)15(21)18(7-8-19)13-4-2-1-3-12(13)17/h1-6,9,19-20H,7-8,17H2. The molecule has 2 aromatic carbocycles. The Morgan fingerprint density at radius 1 is 1.24 bits per heavy atom. The minimum atomic E-state index is -0.405. The Labute approximate surface area is 136 Å². The van der Waals surface area contributed by atoms with E-state index in [0.29, 0.717) is 11.4 Å². The van der Waals surface area contributed by atoms with E-state index < -0.39 is 5.91 Å². The molecule has 1 amide bonds. The number of phenolic OH excluding ortho intramolecular Hbond substituents is 1. The van der Waals surface area contributed by atoms with Gasteiger partial charge in [-0.05, 0) is 52.9 Å². The Morgan fingerprint density at radius 3 is 2.62 bits per heavy atom. The molecule has 0 fully saturated rings. The van der Waals surface area contributed by atoms with Gasteiger partial charge in [0.05, 0.1) is 23.5 Å². The van der Waals surface area contributed by atoms with E-state index in [-0.39, 0.29) is 24.5 Å². The Bertz CT molecular complexity index is 661. The Morgan fingerprint density at radius 2 is 1.95 bits per heavy atom. The summed E-state index contributed by atoms with van der Waals surface area (Å²) in [4.78, 5) is 14.0. The molecule has 0 aliphatic carbocycles. The van der Waals surface area contributed by atoms with Crippen molar-refractivity contribution in [1.82, 2.24) is 0 Å². The molecule has 0 heterocycles. The first-order valence-electron chi connectivity index (χ1n) is 6.30. The lowest BCUT2D eigenvalue weighted by Crippen LogP contribution is -2.34. The number of nitrogens with two attached hydrogens (primary N) is 1. The first-order valence-corrected chi connectivity index (χ1v) is 7.38. The van der Waals surface area contributed by atoms with Crippen LogP contribution in [0.3, 0.4) is 0 Å². The van der Waals surface area contributed by atoms with E-state index in [1.165, 1.54) is 11.0 Å². The minimum absolute atomic E-state index is 0.0952. The van der Waals surface area contributed by atoms with Crippen molar-refractivity contribution in [3.8, 4) is 5.75 Å². The number of carbonyl (C=O) groups is 1. The number of carbonyl (C=O) groups excluding carboxylic acids is 1. The van der Waals surface area contributed by atoms with E-state index >= 15 is 0 Å². The number of nitrogens with zero attached hydrogens (tertiary/aromatic N) is 1. The molecule has 0 aliphatic rings. The summed E-state index contributed by atoms with van der Waals surface area (Å²) < 4.78 is 0.832. The van der Waals surface area contributed by atoms with Gasteiger partial charge in [-0.2, -0.15) is 0 Å². The molecule has 21 heavy (non-hydrogen) atoms. The molecule has 4 N–H and O–H groups in total. The average molecular weight is 398 g/mol. The largest absolute Gasteiger partial charge is 0.507 e. The highest BCUT2D eigenvalue weighted by molar-refractivity contribution is 14.1. The molecule has 0 aliphatic heterocycles. The Balaban J connectivity index is 2.45. The molecule has 0 saturated heterocycles. The van der Waals surface area contributed by atoms with Crippen molar-refractivity contribution in [3.05, 3.63) is 51.6 Å². The van der Waals surface area contributed by atoms with Crippen LogP contribution in [0.15, 0.2) is 42.5 Å². The fourth-order valence-corrected chi connectivity index (χ4v) is 2.48. The number of phenols is 1. The monoisotopic (exact) mass is 398 g/mol. The molecule has 6 heteroatoms. The number of benzene rings is 2. The van der Waals surface area contributed by atoms with Gasteiger partial charge >= 0.3 is 0 Å². The van der Waals surface area contributed by atoms with E-state index in [0.717, 1.165) is 3.57 Å². The minimum Gasteiger partial charge on any atom is -0.507 e. The van der Waals surface area contributed by atoms with Gasteiger partial charge in [0.25, 0.3) is 5.91 Å². The average Bonchev–Trinajstić information content (AvgIpc) is 2.47. The SMILES string of the molecule is Nc1ccccc1N(CCO)C(=O)c1cc(I)ccc1O. The number of halogens is 1. The molecule has 0 unspecified atom stereocenters. The lowest BCUT2D eigenvalue weighted by atomic mass is 10.1. The van der Waals surface area contributed by atoms with Crippen LogP contribution in [-0.2, 0) is 0 Å². The summed E-state index contributed by atoms with van der Waals surface area (Å²) in [6, 6.07) is 11.7. The number of aromatic hydroxyl groups is 1. The van der Waals surface area contributed by atoms with Crippen LogP contribution in [0, 0.1) is 3.57 Å². The normalized spacial score (nSPS) is 10.4. The van der Waals surface area contributed by atoms with Gasteiger partial charge in [0.2, 0.25) is 0 Å². The topological polar surface area (TPSA) is 86.8 Å². The van der Waals surface area contributed by atoms with E-state index in [4.69, 9.17) is 5.73 Å². The number of amides is 1. The van der Waals surface area contributed by atoms with Crippen LogP contribution in [0.5, 0.6) is 5.75 Å². The third-order valence-corrected chi connectivity index (χ3v) is 3.66. The van der Waals surface area contributed by atoms with E-state index in [1.807, 2.05) is 0 Å². The van der Waals surface area contributed by atoms with Gasteiger partial charge in [0, 0.05) is 10.1 Å². The van der Waals surface area contributed by atoms with Crippen molar-refractivity contribution in [3.63, 3.8) is 0 Å². The molecule has 0 radical (unpaired) electrons. The second kappa shape index (κ2) is 6.77. The number of hydrogen-bond donors (Lipinski definition) is 3. The van der Waals surface area contributed by atoms with Gasteiger partial charge in [-0.1, -0.05) is 12.1 Å². The maximum Gasteiger partial charge on any atom is 0.262 e. The number of aliphatic hydroxyl groups is 1. The van der Waals surface area contributed by atoms with Gasteiger partial charge in [0.1, 0.15) is 5.75 Å². The zero-order valence-electron chi connectivity index (χ0n) is 11.2. The second-order valence-electron chi connectivity index (χ2n) is 4.40. The number of para-hydroxylation sites is 2. The zero-order chi connectivity index (χ0) is 15.4. The molecule has 0 saturated carbocycles. The van der Waals surface area contributed by atoms with Crippen molar-refractivity contribution in [2.45, 2.75) is 0 Å². The summed E-state index contributed by atoms with van der Waals surface area (Å²) in [6.07, 6.45) is 0. The third kappa shape index (κ3) is 3.45. The smallest absolute Gasteiger partial charge is 0.262 e. The van der Waals surface area contributed by atoms with Crippen LogP contribution >= 0.6 is 22.6 Å². The maximum atomic E-state index is 12.7. The fourth-order valence-electron chi connectivity index (χ4n) is 1.99. The highest BCUT2D eigenvalue weighted by atomic mass is 127. The summed E-state index contributed by atoms with van der Waals surface area (Å²) in [5.41, 5.74) is 7.02. The Kier molecular flexibility index (Phi) is 5.03. The van der Waals surface area contributed by atoms with E-state index in [1.54, 1.807) is 36.4 Å². The van der Waals surface area contributed by atoms with Crippen molar-refractivity contribution >= 4 is 39.9 Å². The highest BCUT2D eigenvalue weighted by Crippen LogP contribution is 2.27. The molecule has 0 aromatic heterocycles. The van der Waals surface area contributed by atoms with Crippen molar-refractivity contribution in [2.24, 2.45) is 0 Å². The van der Waals surface area contributed by atoms with Gasteiger partial charge in [-0.15, -0.1) is 0 Å². The molecular weight excluding hydrogens is 383 g/mol. The summed E-state index contributed by atoms with van der Waals surface area (Å²) in [7, 11) is 0. The highest BCUT2D eigenvalue weighted by Gasteiger charge is 2.21. The van der Waals surface area contributed by atoms with E-state index in [2.05, 4.69) is 22.6 Å². The van der Waals surface area contributed by atoms with Crippen LogP contribution in [-0.4, -0.2) is 29.3 Å². The quantitative estimate of drug-likeness (QED) is 0.545. The summed E-state index contributed by atoms with van der Waals surface area (Å²) in [6.45, 7) is -0.108.